The van der Waals surface area contributed by atoms with Gasteiger partial charge in [0.05, 0.1) is 6.42 Å². The second-order valence-electron chi connectivity index (χ2n) is 6.81. The molecule has 1 aliphatic heterocycles. The predicted molar refractivity (Wildman–Crippen MR) is 103 cm³/mol. The van der Waals surface area contributed by atoms with E-state index in [0.29, 0.717) is 12.1 Å². The Kier molecular flexibility index (Phi) is 5.54. The van der Waals surface area contributed by atoms with Crippen LogP contribution in [-0.4, -0.2) is 56.4 Å². The van der Waals surface area contributed by atoms with Gasteiger partial charge >= 0.3 is 0 Å². The lowest BCUT2D eigenvalue weighted by molar-refractivity contribution is 0.173. The number of thiazole rings is 1. The van der Waals surface area contributed by atoms with Gasteiger partial charge in [-0.1, -0.05) is 13.0 Å². The minimum atomic E-state index is 0.416. The van der Waals surface area contributed by atoms with E-state index >= 15 is 0 Å². The molecule has 2 aromatic rings. The van der Waals surface area contributed by atoms with E-state index in [9.17, 15) is 0 Å². The number of aromatic nitrogens is 4. The first-order valence-corrected chi connectivity index (χ1v) is 9.86. The molecule has 6 nitrogen and oxygen atoms in total. The van der Waals surface area contributed by atoms with Crippen LogP contribution in [0.3, 0.4) is 0 Å². The van der Waals surface area contributed by atoms with Crippen LogP contribution in [0.2, 0.25) is 0 Å². The molecule has 2 atom stereocenters. The first-order chi connectivity index (χ1) is 12.0. The number of hydrogen-bond donors (Lipinski definition) is 0. The van der Waals surface area contributed by atoms with Gasteiger partial charge in [0, 0.05) is 42.8 Å². The van der Waals surface area contributed by atoms with Crippen LogP contribution in [-0.2, 0) is 13.0 Å². The topological polar surface area (TPSA) is 50.1 Å². The van der Waals surface area contributed by atoms with Crippen LogP contribution in [0.25, 0.3) is 0 Å². The van der Waals surface area contributed by atoms with Gasteiger partial charge < -0.3 is 4.90 Å². The molecular weight excluding hydrogens is 332 g/mol. The lowest BCUT2D eigenvalue weighted by Crippen LogP contribution is -2.57. The number of rotatable bonds is 6. The Balaban J connectivity index is 1.87. The molecule has 2 unspecified atom stereocenters. The van der Waals surface area contributed by atoms with Crippen molar-refractivity contribution in [2.75, 3.05) is 24.5 Å². The first-order valence-electron chi connectivity index (χ1n) is 8.98. The smallest absolute Gasteiger partial charge is 0.227 e. The number of aryl methyl sites for hydroxylation is 1. The minimum Gasteiger partial charge on any atom is -0.335 e. The van der Waals surface area contributed by atoms with E-state index in [0.717, 1.165) is 55.1 Å². The highest BCUT2D eigenvalue weighted by Gasteiger charge is 2.31. The Bertz CT molecular complexity index is 721. The van der Waals surface area contributed by atoms with Gasteiger partial charge in [0.2, 0.25) is 5.95 Å². The highest BCUT2D eigenvalue weighted by atomic mass is 32.1. The van der Waals surface area contributed by atoms with Crippen LogP contribution >= 0.6 is 11.3 Å². The zero-order valence-corrected chi connectivity index (χ0v) is 16.5. The standard InChI is InChI=1S/C18H28N6S/c1-6-8-23-16(9-17-19-13(3)12-25-17)20-21-18(23)24-11-14(4)22(7-2)10-15(24)5/h6,12,14-15H,1,7-11H2,2-5H3. The maximum Gasteiger partial charge on any atom is 0.227 e. The van der Waals surface area contributed by atoms with E-state index in [1.807, 2.05) is 13.0 Å². The number of nitrogens with zero attached hydrogens (tertiary/aromatic N) is 6. The van der Waals surface area contributed by atoms with Crippen molar-refractivity contribution in [2.45, 2.75) is 52.7 Å². The molecule has 1 aliphatic rings. The number of hydrogen-bond acceptors (Lipinski definition) is 6. The lowest BCUT2D eigenvalue weighted by Gasteiger charge is -2.44. The van der Waals surface area contributed by atoms with Crippen molar-refractivity contribution in [1.29, 1.82) is 0 Å². The Morgan fingerprint density at radius 2 is 2.08 bits per heavy atom. The van der Waals surface area contributed by atoms with E-state index < -0.39 is 0 Å². The van der Waals surface area contributed by atoms with Crippen molar-refractivity contribution < 1.29 is 0 Å². The van der Waals surface area contributed by atoms with Gasteiger partial charge in [-0.25, -0.2) is 4.98 Å². The molecular formula is C18H28N6S. The lowest BCUT2D eigenvalue weighted by atomic mass is 10.1. The van der Waals surface area contributed by atoms with Gasteiger partial charge in [-0.3, -0.25) is 9.47 Å². The third kappa shape index (κ3) is 3.77. The molecule has 3 rings (SSSR count). The molecule has 0 saturated carbocycles. The Labute approximate surface area is 154 Å². The van der Waals surface area contributed by atoms with E-state index in [4.69, 9.17) is 0 Å². The molecule has 25 heavy (non-hydrogen) atoms. The number of likely N-dealkylation sites (N-methyl/N-ethyl adjacent to an activating group) is 1. The first kappa shape index (κ1) is 18.1. The number of piperazine rings is 1. The molecule has 0 aliphatic carbocycles. The summed E-state index contributed by atoms with van der Waals surface area (Å²) in [6, 6.07) is 0.930. The molecule has 3 heterocycles. The van der Waals surface area contributed by atoms with Crippen molar-refractivity contribution in [3.63, 3.8) is 0 Å². The summed E-state index contributed by atoms with van der Waals surface area (Å²) in [6.45, 7) is 16.6. The molecule has 7 heteroatoms. The molecule has 136 valence electrons. The zero-order chi connectivity index (χ0) is 18.0. The van der Waals surface area contributed by atoms with E-state index in [2.05, 4.69) is 62.3 Å². The molecule has 1 saturated heterocycles. The molecule has 0 amide bonds. The molecule has 0 spiro atoms. The van der Waals surface area contributed by atoms with Gasteiger partial charge in [0.25, 0.3) is 0 Å². The molecule has 0 radical (unpaired) electrons. The third-order valence-electron chi connectivity index (χ3n) is 4.87. The van der Waals surface area contributed by atoms with Crippen LogP contribution in [0.15, 0.2) is 18.0 Å². The molecule has 1 fully saturated rings. The highest BCUT2D eigenvalue weighted by molar-refractivity contribution is 7.09. The Morgan fingerprint density at radius 1 is 1.28 bits per heavy atom. The fourth-order valence-corrected chi connectivity index (χ4v) is 4.29. The fourth-order valence-electron chi connectivity index (χ4n) is 3.52. The van der Waals surface area contributed by atoms with Crippen molar-refractivity contribution in [3.05, 3.63) is 34.6 Å². The summed E-state index contributed by atoms with van der Waals surface area (Å²) in [7, 11) is 0. The highest BCUT2D eigenvalue weighted by Crippen LogP contribution is 2.24. The van der Waals surface area contributed by atoms with Gasteiger partial charge in [-0.05, 0) is 27.3 Å². The summed E-state index contributed by atoms with van der Waals surface area (Å²) >= 11 is 1.68. The van der Waals surface area contributed by atoms with E-state index in [-0.39, 0.29) is 0 Å². The third-order valence-corrected chi connectivity index (χ3v) is 5.84. The van der Waals surface area contributed by atoms with Crippen molar-refractivity contribution in [1.82, 2.24) is 24.6 Å². The SMILES string of the molecule is C=CCn1c(Cc2nc(C)cs2)nnc1N1CC(C)N(CC)CC1C. The summed E-state index contributed by atoms with van der Waals surface area (Å²) in [5, 5.41) is 12.2. The number of anilines is 1. The average Bonchev–Trinajstić information content (AvgIpc) is 3.17. The quantitative estimate of drug-likeness (QED) is 0.742. The normalized spacial score (nSPS) is 21.7. The second-order valence-corrected chi connectivity index (χ2v) is 7.76. The van der Waals surface area contributed by atoms with Crippen LogP contribution in [0.4, 0.5) is 5.95 Å². The Morgan fingerprint density at radius 3 is 2.72 bits per heavy atom. The fraction of sp³-hybridized carbons (Fsp3) is 0.611. The largest absolute Gasteiger partial charge is 0.335 e. The molecule has 0 N–H and O–H groups in total. The van der Waals surface area contributed by atoms with Crippen molar-refractivity contribution in [3.8, 4) is 0 Å². The van der Waals surface area contributed by atoms with Crippen LogP contribution in [0.1, 0.15) is 37.3 Å². The maximum atomic E-state index is 4.57. The van der Waals surface area contributed by atoms with Crippen molar-refractivity contribution >= 4 is 17.3 Å². The summed E-state index contributed by atoms with van der Waals surface area (Å²) in [6.07, 6.45) is 2.64. The van der Waals surface area contributed by atoms with E-state index in [1.165, 1.54) is 0 Å². The molecule has 2 aromatic heterocycles. The Hall–Kier alpha value is -1.73. The summed E-state index contributed by atoms with van der Waals surface area (Å²) in [5.74, 6) is 1.92. The summed E-state index contributed by atoms with van der Waals surface area (Å²) in [5.41, 5.74) is 1.06. The average molecular weight is 361 g/mol. The second kappa shape index (κ2) is 7.66. The number of allylic oxidation sites excluding steroid dienone is 1. The summed E-state index contributed by atoms with van der Waals surface area (Å²) < 4.78 is 2.19. The maximum absolute atomic E-state index is 4.57. The molecule has 0 bridgehead atoms. The van der Waals surface area contributed by atoms with Gasteiger partial charge in [0.15, 0.2) is 0 Å². The van der Waals surface area contributed by atoms with Gasteiger partial charge in [-0.15, -0.1) is 28.1 Å². The van der Waals surface area contributed by atoms with Crippen LogP contribution in [0, 0.1) is 6.92 Å². The van der Waals surface area contributed by atoms with Crippen molar-refractivity contribution in [2.24, 2.45) is 0 Å². The van der Waals surface area contributed by atoms with E-state index in [1.54, 1.807) is 11.3 Å². The summed E-state index contributed by atoms with van der Waals surface area (Å²) in [4.78, 5) is 9.48. The zero-order valence-electron chi connectivity index (χ0n) is 15.6. The monoisotopic (exact) mass is 360 g/mol. The molecule has 0 aromatic carbocycles. The van der Waals surface area contributed by atoms with Gasteiger partial charge in [0.1, 0.15) is 10.8 Å². The van der Waals surface area contributed by atoms with Crippen LogP contribution in [0.5, 0.6) is 0 Å². The minimum absolute atomic E-state index is 0.416. The predicted octanol–water partition coefficient (Wildman–Crippen LogP) is 2.74. The van der Waals surface area contributed by atoms with Gasteiger partial charge in [-0.2, -0.15) is 0 Å². The van der Waals surface area contributed by atoms with Crippen LogP contribution < -0.4 is 4.90 Å².